The number of fused-ring (bicyclic) bond motifs is 3. The zero-order chi connectivity index (χ0) is 37.6. The summed E-state index contributed by atoms with van der Waals surface area (Å²) in [6.07, 6.45) is -1.69. The quantitative estimate of drug-likeness (QED) is 0.0817. The molecule has 0 aromatic heterocycles. The van der Waals surface area contributed by atoms with Crippen molar-refractivity contribution in [1.82, 2.24) is 15.8 Å². The molecule has 3 aliphatic rings. The number of likely N-dealkylation sites (N-methyl/N-ethyl adjacent to an activating group) is 1. The lowest BCUT2D eigenvalue weighted by atomic mass is 9.55. The summed E-state index contributed by atoms with van der Waals surface area (Å²) in [4.78, 5) is 51.0. The van der Waals surface area contributed by atoms with Gasteiger partial charge in [-0.3, -0.25) is 29.5 Å². The Morgan fingerprint density at radius 1 is 1.02 bits per heavy atom. The van der Waals surface area contributed by atoms with Gasteiger partial charge in [-0.05, 0) is 37.4 Å². The molecule has 268 valence electrons. The van der Waals surface area contributed by atoms with Gasteiger partial charge in [-0.2, -0.15) is 0 Å². The summed E-state index contributed by atoms with van der Waals surface area (Å²) in [6.45, 7) is 3.43. The highest BCUT2D eigenvalue weighted by molar-refractivity contribution is 6.25. The first-order valence-corrected chi connectivity index (χ1v) is 14.8. The minimum absolute atomic E-state index is 0.00353. The molecule has 0 heterocycles. The summed E-state index contributed by atoms with van der Waals surface area (Å²) in [6, 6.07) is 4.42. The Balaban J connectivity index is 0.000000266. The van der Waals surface area contributed by atoms with E-state index in [9.17, 15) is 54.9 Å². The van der Waals surface area contributed by atoms with Crippen LogP contribution in [0.25, 0.3) is 11.3 Å². The molecule has 18 nitrogen and oxygen atoms in total. The first-order chi connectivity index (χ1) is 23.3. The third-order valence-electron chi connectivity index (χ3n) is 8.84. The summed E-state index contributed by atoms with van der Waals surface area (Å²) in [7, 11) is 2.88. The number of phenols is 4. The van der Waals surface area contributed by atoms with Gasteiger partial charge in [0.25, 0.3) is 11.8 Å². The van der Waals surface area contributed by atoms with Crippen molar-refractivity contribution in [2.75, 3.05) is 20.7 Å². The maximum atomic E-state index is 13.6. The second-order valence-electron chi connectivity index (χ2n) is 12.0. The van der Waals surface area contributed by atoms with E-state index in [0.29, 0.717) is 0 Å². The molecule has 2 aromatic rings. The molecule has 1 unspecified atom stereocenters. The van der Waals surface area contributed by atoms with Gasteiger partial charge in [0.2, 0.25) is 11.5 Å². The largest absolute Gasteiger partial charge is 0.508 e. The van der Waals surface area contributed by atoms with Gasteiger partial charge in [0, 0.05) is 18.0 Å². The van der Waals surface area contributed by atoms with Crippen LogP contribution in [0, 0.1) is 11.8 Å². The molecule has 0 spiro atoms. The van der Waals surface area contributed by atoms with Crippen molar-refractivity contribution >= 4 is 34.7 Å². The number of carbonyl (C=O) groups is 4. The predicted octanol–water partition coefficient (Wildman–Crippen LogP) is -2.35. The van der Waals surface area contributed by atoms with E-state index >= 15 is 0 Å². The number of rotatable bonds is 7. The van der Waals surface area contributed by atoms with Crippen LogP contribution in [0.1, 0.15) is 16.7 Å². The molecule has 0 saturated heterocycles. The molecule has 50 heavy (non-hydrogen) atoms. The number of aliphatic hydroxyl groups is 5. The number of nitrogens with zero attached hydrogens (tertiary/aromatic N) is 1. The van der Waals surface area contributed by atoms with Crippen LogP contribution in [0.15, 0.2) is 53.8 Å². The van der Waals surface area contributed by atoms with E-state index in [-0.39, 0.29) is 34.6 Å². The average Bonchev–Trinajstić information content (AvgIpc) is 3.06. The van der Waals surface area contributed by atoms with Gasteiger partial charge in [-0.1, -0.05) is 24.8 Å². The fourth-order valence-electron chi connectivity index (χ4n) is 6.37. The number of amides is 2. The van der Waals surface area contributed by atoms with E-state index in [0.717, 1.165) is 0 Å². The number of carbonyl (C=O) groups excluding carboxylic acids is 4. The number of Topliss-reactive ketones (excluding diaryl/α,β-unsaturated/α-hetero) is 2. The lowest BCUT2D eigenvalue weighted by Crippen LogP contribution is -2.70. The Morgan fingerprint density at radius 3 is 2.24 bits per heavy atom. The number of ketones is 2. The Kier molecular flexibility index (Phi) is 10.3. The second-order valence-corrected chi connectivity index (χ2v) is 12.0. The molecule has 0 aliphatic heterocycles. The van der Waals surface area contributed by atoms with Gasteiger partial charge in [0.05, 0.1) is 35.8 Å². The van der Waals surface area contributed by atoms with E-state index in [4.69, 9.17) is 21.7 Å². The molecular formula is C32H37N5O13. The molecule has 2 amide bonds. The standard InChI is InChI=1S/C22H22N2O8.C10H15N3O5/c1-7-8-5-4-6-9(25)11(8)16(26)12-10(7)17(27)14-15(24(2)3)18(28)13(21(23)31)20(30)22(14,32)19(12)29;11-6(4-14)10(18)13-12-3-5-1-2-7(15)9(17)8(5)16/h4-6,10,14-15,17,25-27,30,32H,1H2,2-3H3,(H2,23,31);1-2,6,12,14-17H,3-4,11H2,(H,13,18)/t10-,14-,15+,17+,22+;/m1./s1. The second kappa shape index (κ2) is 13.8. The number of aliphatic hydroxyl groups excluding tert-OH is 4. The van der Waals surface area contributed by atoms with Crippen molar-refractivity contribution in [1.29, 1.82) is 0 Å². The van der Waals surface area contributed by atoms with Gasteiger partial charge in [-0.25, -0.2) is 5.43 Å². The number of nitrogens with two attached hydrogens (primary N) is 2. The lowest BCUT2D eigenvalue weighted by Gasteiger charge is -2.52. The van der Waals surface area contributed by atoms with Crippen molar-refractivity contribution in [3.05, 3.63) is 70.5 Å². The molecule has 5 rings (SSSR count). The number of hydrazine groups is 1. The van der Waals surface area contributed by atoms with Crippen LogP contribution in [0.2, 0.25) is 0 Å². The predicted molar refractivity (Wildman–Crippen MR) is 172 cm³/mol. The van der Waals surface area contributed by atoms with Crippen LogP contribution in [0.5, 0.6) is 23.0 Å². The number of primary amides is 1. The fraction of sp³-hybridized carbons (Fsp3) is 0.312. The molecule has 6 atom stereocenters. The van der Waals surface area contributed by atoms with Crippen LogP contribution >= 0.6 is 0 Å². The Morgan fingerprint density at radius 2 is 1.66 bits per heavy atom. The van der Waals surface area contributed by atoms with E-state index in [1.807, 2.05) is 0 Å². The van der Waals surface area contributed by atoms with E-state index in [1.165, 1.54) is 49.3 Å². The molecule has 1 fully saturated rings. The highest BCUT2D eigenvalue weighted by Gasteiger charge is 2.68. The number of aromatic hydroxyl groups is 4. The highest BCUT2D eigenvalue weighted by atomic mass is 16.4. The van der Waals surface area contributed by atoms with Crippen molar-refractivity contribution in [3.8, 4) is 23.0 Å². The lowest BCUT2D eigenvalue weighted by molar-refractivity contribution is -0.166. The van der Waals surface area contributed by atoms with E-state index < -0.39 is 106 Å². The summed E-state index contributed by atoms with van der Waals surface area (Å²) in [5.74, 6) is -10.9. The Hall–Kier alpha value is -5.50. The molecule has 15 N–H and O–H groups in total. The monoisotopic (exact) mass is 699 g/mol. The third kappa shape index (κ3) is 5.89. The minimum Gasteiger partial charge on any atom is -0.508 e. The fourth-order valence-corrected chi connectivity index (χ4v) is 6.37. The first-order valence-electron chi connectivity index (χ1n) is 14.8. The van der Waals surface area contributed by atoms with Gasteiger partial charge < -0.3 is 57.4 Å². The number of benzene rings is 2. The average molecular weight is 700 g/mol. The minimum atomic E-state index is -2.94. The molecule has 0 bridgehead atoms. The zero-order valence-corrected chi connectivity index (χ0v) is 26.7. The smallest absolute Gasteiger partial charge is 0.255 e. The molecule has 18 heteroatoms. The molecular weight excluding hydrogens is 662 g/mol. The SMILES string of the molecule is C=C1c2cccc(O)c2C(O)=C2C(=O)[C@]3(O)C(O)=C(C(N)=O)C(=O)[C@@H](N(C)C)[C@@H]3[C@@H](O)[C@H]12.NC(CO)C(=O)NNCc1ccc(O)c(O)c1O. The van der Waals surface area contributed by atoms with Crippen LogP contribution in [-0.2, 0) is 25.7 Å². The third-order valence-corrected chi connectivity index (χ3v) is 8.84. The number of hydrogen-bond donors (Lipinski definition) is 13. The molecule has 1 saturated carbocycles. The summed E-state index contributed by atoms with van der Waals surface area (Å²) in [5, 5.41) is 91.1. The van der Waals surface area contributed by atoms with Gasteiger partial charge in [0.15, 0.2) is 22.9 Å². The van der Waals surface area contributed by atoms with Crippen molar-refractivity contribution in [3.63, 3.8) is 0 Å². The van der Waals surface area contributed by atoms with Crippen molar-refractivity contribution < 1.29 is 65.1 Å². The summed E-state index contributed by atoms with van der Waals surface area (Å²) >= 11 is 0. The molecule has 3 aliphatic carbocycles. The molecule has 2 aromatic carbocycles. The van der Waals surface area contributed by atoms with Crippen molar-refractivity contribution in [2.24, 2.45) is 23.3 Å². The van der Waals surface area contributed by atoms with Gasteiger partial charge in [-0.15, -0.1) is 0 Å². The highest BCUT2D eigenvalue weighted by Crippen LogP contribution is 2.55. The summed E-state index contributed by atoms with van der Waals surface area (Å²) in [5.41, 5.74) is 11.4. The maximum Gasteiger partial charge on any atom is 0.255 e. The molecule has 0 radical (unpaired) electrons. The van der Waals surface area contributed by atoms with Crippen LogP contribution < -0.4 is 22.3 Å². The number of hydrogen-bond acceptors (Lipinski definition) is 16. The first kappa shape index (κ1) is 37.3. The van der Waals surface area contributed by atoms with Crippen LogP contribution in [0.4, 0.5) is 0 Å². The normalized spacial score (nSPS) is 24.9. The maximum absolute atomic E-state index is 13.6. The van der Waals surface area contributed by atoms with E-state index in [1.54, 1.807) is 0 Å². The zero-order valence-electron chi connectivity index (χ0n) is 26.7. The van der Waals surface area contributed by atoms with E-state index in [2.05, 4.69) is 17.4 Å². The number of phenolic OH excluding ortho intramolecular Hbond substituents is 4. The topological polar surface area (TPSA) is 330 Å². The van der Waals surface area contributed by atoms with Gasteiger partial charge in [0.1, 0.15) is 28.9 Å². The van der Waals surface area contributed by atoms with Gasteiger partial charge >= 0.3 is 0 Å². The Labute approximate surface area is 283 Å². The summed E-state index contributed by atoms with van der Waals surface area (Å²) < 4.78 is 0. The van der Waals surface area contributed by atoms with Crippen LogP contribution in [0.3, 0.4) is 0 Å². The number of nitrogens with one attached hydrogen (secondary N) is 2. The van der Waals surface area contributed by atoms with Crippen LogP contribution in [-0.4, -0.2) is 119 Å². The van der Waals surface area contributed by atoms with Crippen molar-refractivity contribution in [2.45, 2.75) is 30.3 Å². The Bertz CT molecular complexity index is 1860.